The van der Waals surface area contributed by atoms with Gasteiger partial charge in [0.1, 0.15) is 0 Å². The highest BCUT2D eigenvalue weighted by molar-refractivity contribution is 5.90. The summed E-state index contributed by atoms with van der Waals surface area (Å²) in [5.41, 5.74) is 0.432. The number of rotatable bonds is 2. The molecule has 5 heteroatoms. The SMILES string of the molecule is CN1C(=O)C[C@@H](C(=O)N2CC[C@@]3(O)CCCC[C@H]3C2)[C@@H]1c1ccccc1. The Bertz CT molecular complexity index is 692. The van der Waals surface area contributed by atoms with Crippen molar-refractivity contribution in [3.63, 3.8) is 0 Å². The maximum Gasteiger partial charge on any atom is 0.228 e. The summed E-state index contributed by atoms with van der Waals surface area (Å²) in [5.74, 6) is -0.0452. The van der Waals surface area contributed by atoms with E-state index in [0.29, 0.717) is 19.5 Å². The summed E-state index contributed by atoms with van der Waals surface area (Å²) in [6, 6.07) is 9.66. The van der Waals surface area contributed by atoms with Crippen LogP contribution in [0.25, 0.3) is 0 Å². The molecule has 3 fully saturated rings. The molecule has 4 atom stereocenters. The number of carbonyl (C=O) groups excluding carboxylic acids is 2. The molecule has 0 unspecified atom stereocenters. The van der Waals surface area contributed by atoms with Crippen LogP contribution in [0, 0.1) is 11.8 Å². The Morgan fingerprint density at radius 3 is 2.73 bits per heavy atom. The lowest BCUT2D eigenvalue weighted by atomic mass is 9.71. The van der Waals surface area contributed by atoms with Gasteiger partial charge in [-0.15, -0.1) is 0 Å². The molecule has 5 nitrogen and oxygen atoms in total. The summed E-state index contributed by atoms with van der Waals surface area (Å²) < 4.78 is 0. The molecular formula is C21H28N2O3. The van der Waals surface area contributed by atoms with Gasteiger partial charge in [0.2, 0.25) is 11.8 Å². The van der Waals surface area contributed by atoms with Crippen LogP contribution in [0.2, 0.25) is 0 Å². The molecule has 1 aromatic carbocycles. The number of benzene rings is 1. The second-order valence-electron chi connectivity index (χ2n) is 8.25. The average molecular weight is 356 g/mol. The Hall–Kier alpha value is -1.88. The molecule has 3 aliphatic rings. The van der Waals surface area contributed by atoms with Crippen LogP contribution in [-0.2, 0) is 9.59 Å². The third-order valence-electron chi connectivity index (χ3n) is 6.78. The van der Waals surface area contributed by atoms with Crippen LogP contribution in [0.1, 0.15) is 50.1 Å². The van der Waals surface area contributed by atoms with Crippen molar-refractivity contribution < 1.29 is 14.7 Å². The molecule has 4 rings (SSSR count). The third-order valence-corrected chi connectivity index (χ3v) is 6.78. The van der Waals surface area contributed by atoms with Gasteiger partial charge in [-0.2, -0.15) is 0 Å². The molecule has 1 aromatic rings. The Labute approximate surface area is 155 Å². The van der Waals surface area contributed by atoms with E-state index in [2.05, 4.69) is 0 Å². The minimum Gasteiger partial charge on any atom is -0.389 e. The molecule has 26 heavy (non-hydrogen) atoms. The van der Waals surface area contributed by atoms with E-state index >= 15 is 0 Å². The fourth-order valence-corrected chi connectivity index (χ4v) is 5.20. The van der Waals surface area contributed by atoms with E-state index in [1.165, 1.54) is 0 Å². The molecule has 2 aliphatic heterocycles. The smallest absolute Gasteiger partial charge is 0.228 e. The van der Waals surface area contributed by atoms with Crippen LogP contribution in [0.3, 0.4) is 0 Å². The van der Waals surface area contributed by atoms with Crippen molar-refractivity contribution >= 4 is 11.8 Å². The molecule has 2 heterocycles. The Kier molecular flexibility index (Phi) is 4.51. The van der Waals surface area contributed by atoms with Gasteiger partial charge in [0.25, 0.3) is 0 Å². The van der Waals surface area contributed by atoms with Crippen molar-refractivity contribution in [3.05, 3.63) is 35.9 Å². The average Bonchev–Trinajstić information content (AvgIpc) is 2.96. The first-order valence-corrected chi connectivity index (χ1v) is 9.81. The zero-order valence-electron chi connectivity index (χ0n) is 15.4. The molecular weight excluding hydrogens is 328 g/mol. The van der Waals surface area contributed by atoms with Crippen molar-refractivity contribution in [2.45, 2.75) is 50.2 Å². The van der Waals surface area contributed by atoms with E-state index in [4.69, 9.17) is 0 Å². The number of amides is 2. The monoisotopic (exact) mass is 356 g/mol. The molecule has 1 aliphatic carbocycles. The summed E-state index contributed by atoms with van der Waals surface area (Å²) in [5, 5.41) is 10.9. The minimum absolute atomic E-state index is 0.0309. The van der Waals surface area contributed by atoms with Gasteiger partial charge >= 0.3 is 0 Å². The first kappa shape index (κ1) is 17.5. The summed E-state index contributed by atoms with van der Waals surface area (Å²) in [6.07, 6.45) is 5.00. The first-order valence-electron chi connectivity index (χ1n) is 9.81. The molecule has 0 radical (unpaired) electrons. The van der Waals surface area contributed by atoms with Crippen LogP contribution in [-0.4, -0.2) is 52.5 Å². The summed E-state index contributed by atoms with van der Waals surface area (Å²) in [4.78, 5) is 29.3. The van der Waals surface area contributed by atoms with Gasteiger partial charge in [-0.3, -0.25) is 9.59 Å². The van der Waals surface area contributed by atoms with E-state index in [0.717, 1.165) is 31.2 Å². The Morgan fingerprint density at radius 2 is 1.96 bits per heavy atom. The lowest BCUT2D eigenvalue weighted by Crippen LogP contribution is -2.55. The number of likely N-dealkylation sites (tertiary alicyclic amines) is 2. The molecule has 2 saturated heterocycles. The Balaban J connectivity index is 1.54. The second-order valence-corrected chi connectivity index (χ2v) is 8.25. The van der Waals surface area contributed by atoms with E-state index < -0.39 is 5.60 Å². The van der Waals surface area contributed by atoms with Crippen LogP contribution in [0.5, 0.6) is 0 Å². The fourth-order valence-electron chi connectivity index (χ4n) is 5.20. The van der Waals surface area contributed by atoms with E-state index in [1.54, 1.807) is 11.9 Å². The number of aliphatic hydroxyl groups is 1. The van der Waals surface area contributed by atoms with Gasteiger partial charge in [0.05, 0.1) is 17.6 Å². The largest absolute Gasteiger partial charge is 0.389 e. The zero-order chi connectivity index (χ0) is 18.3. The van der Waals surface area contributed by atoms with Crippen molar-refractivity contribution in [3.8, 4) is 0 Å². The van der Waals surface area contributed by atoms with E-state index in [-0.39, 0.29) is 36.1 Å². The van der Waals surface area contributed by atoms with Crippen LogP contribution in [0.15, 0.2) is 30.3 Å². The standard InChI is InChI=1S/C21H28N2O3/c1-22-18(24)13-17(19(22)15-7-3-2-4-8-15)20(25)23-12-11-21(26)10-6-5-9-16(21)14-23/h2-4,7-8,16-17,19,26H,5-6,9-14H2,1H3/t16-,17+,19-,21-/m0/s1. The lowest BCUT2D eigenvalue weighted by Gasteiger charge is -2.48. The minimum atomic E-state index is -0.587. The third kappa shape index (κ3) is 2.92. The van der Waals surface area contributed by atoms with Gasteiger partial charge in [-0.05, 0) is 24.8 Å². The molecule has 0 spiro atoms. The van der Waals surface area contributed by atoms with Gasteiger partial charge in [0.15, 0.2) is 0 Å². The molecule has 0 aromatic heterocycles. The van der Waals surface area contributed by atoms with Crippen LogP contribution >= 0.6 is 0 Å². The Morgan fingerprint density at radius 1 is 1.19 bits per heavy atom. The van der Waals surface area contributed by atoms with E-state index in [9.17, 15) is 14.7 Å². The normalized spacial score (nSPS) is 34.7. The summed E-state index contributed by atoms with van der Waals surface area (Å²) in [7, 11) is 1.80. The zero-order valence-corrected chi connectivity index (χ0v) is 15.4. The van der Waals surface area contributed by atoms with Gasteiger partial charge in [0, 0.05) is 32.5 Å². The topological polar surface area (TPSA) is 60.9 Å². The highest BCUT2D eigenvalue weighted by Crippen LogP contribution is 2.42. The number of fused-ring (bicyclic) bond motifs is 1. The van der Waals surface area contributed by atoms with Crippen LogP contribution in [0.4, 0.5) is 0 Å². The van der Waals surface area contributed by atoms with Crippen molar-refractivity contribution in [1.82, 2.24) is 9.80 Å². The number of hydrogen-bond donors (Lipinski definition) is 1. The fraction of sp³-hybridized carbons (Fsp3) is 0.619. The summed E-state index contributed by atoms with van der Waals surface area (Å²) >= 11 is 0. The molecule has 140 valence electrons. The first-order chi connectivity index (χ1) is 12.5. The van der Waals surface area contributed by atoms with Gasteiger partial charge < -0.3 is 14.9 Å². The number of piperidine rings is 1. The maximum atomic E-state index is 13.3. The quantitative estimate of drug-likeness (QED) is 0.885. The predicted octanol–water partition coefficient (Wildman–Crippen LogP) is 2.36. The highest BCUT2D eigenvalue weighted by atomic mass is 16.3. The van der Waals surface area contributed by atoms with E-state index in [1.807, 2.05) is 35.2 Å². The predicted molar refractivity (Wildman–Crippen MR) is 98.2 cm³/mol. The highest BCUT2D eigenvalue weighted by Gasteiger charge is 2.48. The molecule has 1 N–H and O–H groups in total. The lowest BCUT2D eigenvalue weighted by molar-refractivity contribution is -0.148. The van der Waals surface area contributed by atoms with Gasteiger partial charge in [-0.1, -0.05) is 43.2 Å². The number of hydrogen-bond acceptors (Lipinski definition) is 3. The number of carbonyl (C=O) groups is 2. The van der Waals surface area contributed by atoms with Crippen molar-refractivity contribution in [2.24, 2.45) is 11.8 Å². The van der Waals surface area contributed by atoms with Crippen molar-refractivity contribution in [2.75, 3.05) is 20.1 Å². The van der Waals surface area contributed by atoms with Crippen LogP contribution < -0.4 is 0 Å². The van der Waals surface area contributed by atoms with Crippen molar-refractivity contribution in [1.29, 1.82) is 0 Å². The molecule has 2 amide bonds. The molecule has 1 saturated carbocycles. The molecule has 0 bridgehead atoms. The van der Waals surface area contributed by atoms with Gasteiger partial charge in [-0.25, -0.2) is 0 Å². The number of nitrogens with zero attached hydrogens (tertiary/aromatic N) is 2. The second kappa shape index (κ2) is 6.69. The summed E-state index contributed by atoms with van der Waals surface area (Å²) in [6.45, 7) is 1.23. The maximum absolute atomic E-state index is 13.3.